The molecule has 2 saturated heterocycles. The Kier molecular flexibility index (Phi) is 5.20. The van der Waals surface area contributed by atoms with Gasteiger partial charge in [-0.3, -0.25) is 24.1 Å². The molecule has 4 amide bonds. The number of rotatable bonds is 5. The van der Waals surface area contributed by atoms with E-state index in [4.69, 9.17) is 0 Å². The standard InChI is InChI=1S/C15H17N3O4S2/c19-11-2-1-10(14(17-11)9-4-6-23-7-9)16-12(20)3-5-18-13(21)8-24-15(18)22/h4,6-7,10,14H,1-3,5,8H2,(H,16,20)(H,17,19)/t10-,14+/m1/s1. The van der Waals surface area contributed by atoms with Crippen molar-refractivity contribution < 1.29 is 19.2 Å². The molecular weight excluding hydrogens is 350 g/mol. The molecule has 0 aliphatic carbocycles. The van der Waals surface area contributed by atoms with Gasteiger partial charge in [-0.15, -0.1) is 0 Å². The summed E-state index contributed by atoms with van der Waals surface area (Å²) in [4.78, 5) is 48.0. The Hall–Kier alpha value is -1.87. The zero-order valence-electron chi connectivity index (χ0n) is 12.8. The third-order valence-corrected chi connectivity index (χ3v) is 5.61. The number of amides is 4. The average Bonchev–Trinajstić information content (AvgIpc) is 3.18. The van der Waals surface area contributed by atoms with Crippen molar-refractivity contribution >= 4 is 46.1 Å². The molecule has 0 saturated carbocycles. The first kappa shape index (κ1) is 17.0. The van der Waals surface area contributed by atoms with E-state index in [2.05, 4.69) is 10.6 Å². The molecule has 2 fully saturated rings. The maximum absolute atomic E-state index is 12.2. The van der Waals surface area contributed by atoms with Gasteiger partial charge in [0.1, 0.15) is 0 Å². The van der Waals surface area contributed by atoms with E-state index in [0.29, 0.717) is 12.8 Å². The van der Waals surface area contributed by atoms with Crippen LogP contribution in [-0.4, -0.2) is 46.2 Å². The van der Waals surface area contributed by atoms with Crippen LogP contribution in [0.2, 0.25) is 0 Å². The highest BCUT2D eigenvalue weighted by Gasteiger charge is 2.33. The second kappa shape index (κ2) is 7.35. The maximum Gasteiger partial charge on any atom is 0.288 e. The van der Waals surface area contributed by atoms with Gasteiger partial charge < -0.3 is 10.6 Å². The Labute approximate surface area is 147 Å². The fourth-order valence-corrected chi connectivity index (χ4v) is 4.26. The van der Waals surface area contributed by atoms with Gasteiger partial charge >= 0.3 is 0 Å². The monoisotopic (exact) mass is 367 g/mol. The van der Waals surface area contributed by atoms with Crippen LogP contribution in [0, 0.1) is 0 Å². The third kappa shape index (κ3) is 3.78. The lowest BCUT2D eigenvalue weighted by Crippen LogP contribution is -2.50. The molecule has 0 unspecified atom stereocenters. The van der Waals surface area contributed by atoms with Crippen molar-refractivity contribution in [2.75, 3.05) is 12.3 Å². The van der Waals surface area contributed by atoms with E-state index in [-0.39, 0.29) is 53.8 Å². The second-order valence-corrected chi connectivity index (χ2v) is 7.37. The minimum atomic E-state index is -0.297. The number of hydrogen-bond donors (Lipinski definition) is 2. The second-order valence-electron chi connectivity index (χ2n) is 5.66. The first-order valence-corrected chi connectivity index (χ1v) is 9.55. The van der Waals surface area contributed by atoms with E-state index in [1.165, 1.54) is 11.3 Å². The highest BCUT2D eigenvalue weighted by molar-refractivity contribution is 8.14. The van der Waals surface area contributed by atoms with Crippen LogP contribution in [0.3, 0.4) is 0 Å². The molecule has 7 nitrogen and oxygen atoms in total. The zero-order valence-corrected chi connectivity index (χ0v) is 14.5. The van der Waals surface area contributed by atoms with Crippen molar-refractivity contribution in [3.05, 3.63) is 22.4 Å². The normalized spacial score (nSPS) is 24.2. The summed E-state index contributed by atoms with van der Waals surface area (Å²) in [5.41, 5.74) is 0.972. The lowest BCUT2D eigenvalue weighted by molar-refractivity contribution is -0.128. The molecule has 0 spiro atoms. The summed E-state index contributed by atoms with van der Waals surface area (Å²) in [6.45, 7) is 0.0959. The van der Waals surface area contributed by atoms with Crippen LogP contribution >= 0.6 is 23.1 Å². The van der Waals surface area contributed by atoms with Gasteiger partial charge in [-0.05, 0) is 28.8 Å². The van der Waals surface area contributed by atoms with Crippen LogP contribution in [0.1, 0.15) is 30.9 Å². The zero-order chi connectivity index (χ0) is 17.1. The summed E-state index contributed by atoms with van der Waals surface area (Å²) in [5.74, 6) is -0.357. The van der Waals surface area contributed by atoms with Gasteiger partial charge in [-0.2, -0.15) is 11.3 Å². The fourth-order valence-electron chi connectivity index (χ4n) is 2.81. The van der Waals surface area contributed by atoms with Crippen molar-refractivity contribution in [1.82, 2.24) is 15.5 Å². The first-order chi connectivity index (χ1) is 11.5. The first-order valence-electron chi connectivity index (χ1n) is 7.62. The number of imide groups is 1. The molecule has 2 atom stereocenters. The quantitative estimate of drug-likeness (QED) is 0.817. The Morgan fingerprint density at radius 3 is 2.88 bits per heavy atom. The molecule has 9 heteroatoms. The molecule has 2 N–H and O–H groups in total. The van der Waals surface area contributed by atoms with Crippen molar-refractivity contribution in [3.63, 3.8) is 0 Å². The molecule has 0 radical (unpaired) electrons. The number of thioether (sulfide) groups is 1. The van der Waals surface area contributed by atoms with E-state index < -0.39 is 0 Å². The summed E-state index contributed by atoms with van der Waals surface area (Å²) in [6.07, 6.45) is 1.000. The molecule has 0 aromatic carbocycles. The summed E-state index contributed by atoms with van der Waals surface area (Å²) in [5, 5.41) is 9.43. The Balaban J connectivity index is 1.57. The Bertz CT molecular complexity index is 646. The van der Waals surface area contributed by atoms with Crippen LogP contribution in [-0.2, 0) is 14.4 Å². The van der Waals surface area contributed by atoms with Crippen LogP contribution in [0.4, 0.5) is 4.79 Å². The van der Waals surface area contributed by atoms with E-state index in [1.807, 2.05) is 16.8 Å². The number of carbonyl (C=O) groups is 4. The number of nitrogens with zero attached hydrogens (tertiary/aromatic N) is 1. The molecule has 0 bridgehead atoms. The fraction of sp³-hybridized carbons (Fsp3) is 0.467. The van der Waals surface area contributed by atoms with Crippen LogP contribution in [0.5, 0.6) is 0 Å². The molecule has 1 aromatic rings. The van der Waals surface area contributed by atoms with Crippen molar-refractivity contribution in [2.45, 2.75) is 31.3 Å². The third-order valence-electron chi connectivity index (χ3n) is 4.05. The average molecular weight is 367 g/mol. The number of thiophene rings is 1. The summed E-state index contributed by atoms with van der Waals surface area (Å²) >= 11 is 2.49. The van der Waals surface area contributed by atoms with Crippen molar-refractivity contribution in [2.24, 2.45) is 0 Å². The predicted molar refractivity (Wildman–Crippen MR) is 90.6 cm³/mol. The highest BCUT2D eigenvalue weighted by Crippen LogP contribution is 2.26. The molecule has 3 rings (SSSR count). The number of nitrogens with one attached hydrogen (secondary N) is 2. The lowest BCUT2D eigenvalue weighted by atomic mass is 9.93. The lowest BCUT2D eigenvalue weighted by Gasteiger charge is -2.32. The molecular formula is C15H17N3O4S2. The van der Waals surface area contributed by atoms with Gasteiger partial charge in [0.05, 0.1) is 17.8 Å². The minimum Gasteiger partial charge on any atom is -0.351 e. The number of piperidine rings is 1. The van der Waals surface area contributed by atoms with Crippen LogP contribution in [0.15, 0.2) is 16.8 Å². The van der Waals surface area contributed by atoms with Gasteiger partial charge in [-0.1, -0.05) is 11.8 Å². The van der Waals surface area contributed by atoms with Gasteiger partial charge in [0.25, 0.3) is 5.24 Å². The summed E-state index contributed by atoms with van der Waals surface area (Å²) in [7, 11) is 0. The summed E-state index contributed by atoms with van der Waals surface area (Å²) < 4.78 is 0. The van der Waals surface area contributed by atoms with E-state index >= 15 is 0 Å². The SMILES string of the molecule is O=C(CCN1C(=O)CSC1=O)N[C@@H]1CCC(=O)N[C@H]1c1ccsc1. The topological polar surface area (TPSA) is 95.6 Å². The Morgan fingerprint density at radius 1 is 1.38 bits per heavy atom. The van der Waals surface area contributed by atoms with E-state index in [9.17, 15) is 19.2 Å². The molecule has 24 heavy (non-hydrogen) atoms. The molecule has 3 heterocycles. The van der Waals surface area contributed by atoms with Gasteiger partial charge in [-0.25, -0.2) is 0 Å². The number of hydrogen-bond acceptors (Lipinski definition) is 6. The van der Waals surface area contributed by atoms with Gasteiger partial charge in [0.15, 0.2) is 0 Å². The molecule has 128 valence electrons. The largest absolute Gasteiger partial charge is 0.351 e. The van der Waals surface area contributed by atoms with Gasteiger partial charge in [0.2, 0.25) is 17.7 Å². The summed E-state index contributed by atoms with van der Waals surface area (Å²) in [6, 6.07) is 1.50. The van der Waals surface area contributed by atoms with Crippen LogP contribution < -0.4 is 10.6 Å². The highest BCUT2D eigenvalue weighted by atomic mass is 32.2. The van der Waals surface area contributed by atoms with E-state index in [0.717, 1.165) is 22.2 Å². The van der Waals surface area contributed by atoms with E-state index in [1.54, 1.807) is 0 Å². The predicted octanol–water partition coefficient (Wildman–Crippen LogP) is 1.27. The van der Waals surface area contributed by atoms with Crippen molar-refractivity contribution in [3.8, 4) is 0 Å². The molecule has 2 aliphatic rings. The maximum atomic E-state index is 12.2. The van der Waals surface area contributed by atoms with Gasteiger partial charge in [0, 0.05) is 19.4 Å². The van der Waals surface area contributed by atoms with Crippen molar-refractivity contribution in [1.29, 1.82) is 0 Å². The smallest absolute Gasteiger partial charge is 0.288 e. The van der Waals surface area contributed by atoms with Crippen LogP contribution in [0.25, 0.3) is 0 Å². The molecule has 1 aromatic heterocycles. The number of carbonyl (C=O) groups excluding carboxylic acids is 4. The molecule has 2 aliphatic heterocycles. The minimum absolute atomic E-state index is 0.0259. The Morgan fingerprint density at radius 2 is 2.21 bits per heavy atom.